The van der Waals surface area contributed by atoms with Gasteiger partial charge in [-0.2, -0.15) is 0 Å². The summed E-state index contributed by atoms with van der Waals surface area (Å²) in [4.78, 5) is 35.1. The van der Waals surface area contributed by atoms with Crippen LogP contribution in [-0.2, 0) is 34.3 Å². The van der Waals surface area contributed by atoms with Gasteiger partial charge in [0.2, 0.25) is 11.8 Å². The number of rotatable bonds is 2. The van der Waals surface area contributed by atoms with Gasteiger partial charge in [-0.3, -0.25) is 9.59 Å². The number of aryl methyl sites for hydroxylation is 2. The number of hydrogen-bond acceptors (Lipinski definition) is 4. The van der Waals surface area contributed by atoms with E-state index >= 15 is 0 Å². The maximum Gasteiger partial charge on any atom is 0.233 e. The summed E-state index contributed by atoms with van der Waals surface area (Å²) in [5.41, 5.74) is 3.01. The molecule has 1 fully saturated rings. The summed E-state index contributed by atoms with van der Waals surface area (Å²) in [6.45, 7) is 3.59. The van der Waals surface area contributed by atoms with Crippen LogP contribution >= 0.6 is 22.9 Å². The molecule has 2 aromatic rings. The Bertz CT molecular complexity index is 980. The Hall–Kier alpha value is -1.92. The molecule has 2 amide bonds. The van der Waals surface area contributed by atoms with E-state index in [1.54, 1.807) is 18.3 Å². The second kappa shape index (κ2) is 7.10. The molecule has 29 heavy (non-hydrogen) atoms. The highest BCUT2D eigenvalue weighted by atomic mass is 35.5. The molecule has 2 aliphatic heterocycles. The Kier molecular flexibility index (Phi) is 4.67. The van der Waals surface area contributed by atoms with Crippen molar-refractivity contribution in [3.8, 4) is 0 Å². The van der Waals surface area contributed by atoms with Gasteiger partial charge in [0, 0.05) is 47.6 Å². The monoisotopic (exact) mass is 429 g/mol. The number of carbonyl (C=O) groups excluding carboxylic acids is 2. The second-order valence-electron chi connectivity index (χ2n) is 8.47. The van der Waals surface area contributed by atoms with Crippen molar-refractivity contribution in [3.05, 3.63) is 44.4 Å². The molecular weight excluding hydrogens is 406 g/mol. The summed E-state index contributed by atoms with van der Waals surface area (Å²) in [6.07, 6.45) is 5.74. The first-order valence-corrected chi connectivity index (χ1v) is 11.5. The van der Waals surface area contributed by atoms with Gasteiger partial charge in [0.1, 0.15) is 5.01 Å². The van der Waals surface area contributed by atoms with E-state index in [4.69, 9.17) is 16.6 Å². The molecule has 1 aliphatic carbocycles. The number of nitrogens with zero attached hydrogens (tertiary/aromatic N) is 3. The average molecular weight is 430 g/mol. The van der Waals surface area contributed by atoms with E-state index < -0.39 is 0 Å². The number of thiazole rings is 1. The predicted molar refractivity (Wildman–Crippen MR) is 115 cm³/mol. The van der Waals surface area contributed by atoms with Gasteiger partial charge in [-0.1, -0.05) is 11.6 Å². The summed E-state index contributed by atoms with van der Waals surface area (Å²) in [5.74, 6) is 0.168. The lowest BCUT2D eigenvalue weighted by Gasteiger charge is -2.25. The molecule has 1 aromatic heterocycles. The topological polar surface area (TPSA) is 53.5 Å². The van der Waals surface area contributed by atoms with E-state index in [1.807, 2.05) is 28.0 Å². The van der Waals surface area contributed by atoms with Crippen molar-refractivity contribution in [1.82, 2.24) is 9.88 Å². The van der Waals surface area contributed by atoms with Gasteiger partial charge >= 0.3 is 0 Å². The fourth-order valence-corrected chi connectivity index (χ4v) is 6.38. The molecule has 0 radical (unpaired) electrons. The van der Waals surface area contributed by atoms with Gasteiger partial charge in [-0.25, -0.2) is 4.98 Å². The molecule has 1 spiro atoms. The Labute approximate surface area is 179 Å². The van der Waals surface area contributed by atoms with Gasteiger partial charge in [-0.05, 0) is 55.9 Å². The molecule has 1 aromatic carbocycles. The molecule has 0 bridgehead atoms. The van der Waals surface area contributed by atoms with Crippen LogP contribution in [0.5, 0.6) is 0 Å². The minimum absolute atomic E-state index is 0.0813. The van der Waals surface area contributed by atoms with Crippen LogP contribution in [0.15, 0.2) is 18.2 Å². The molecule has 1 unspecified atom stereocenters. The van der Waals surface area contributed by atoms with Crippen molar-refractivity contribution in [1.29, 1.82) is 0 Å². The Morgan fingerprint density at radius 1 is 1.24 bits per heavy atom. The van der Waals surface area contributed by atoms with Crippen molar-refractivity contribution in [2.45, 2.75) is 50.9 Å². The molecule has 0 N–H and O–H groups in total. The third kappa shape index (κ3) is 3.26. The summed E-state index contributed by atoms with van der Waals surface area (Å²) in [7, 11) is 0. The lowest BCUT2D eigenvalue weighted by molar-refractivity contribution is -0.127. The molecule has 3 heterocycles. The van der Waals surface area contributed by atoms with Crippen molar-refractivity contribution < 1.29 is 9.59 Å². The van der Waals surface area contributed by atoms with Crippen LogP contribution in [0.1, 0.15) is 47.3 Å². The SMILES string of the molecule is CC(=O)N1CCC2(C1)CN(C(=O)Cc1nc3c(s1)CCCC3)c1ccc(Cl)cc12. The highest BCUT2D eigenvalue weighted by Crippen LogP contribution is 2.47. The number of fused-ring (bicyclic) bond motifs is 3. The van der Waals surface area contributed by atoms with Crippen LogP contribution in [0.25, 0.3) is 0 Å². The van der Waals surface area contributed by atoms with E-state index in [2.05, 4.69) is 0 Å². The van der Waals surface area contributed by atoms with E-state index in [-0.39, 0.29) is 17.2 Å². The van der Waals surface area contributed by atoms with Crippen molar-refractivity contribution in [2.75, 3.05) is 24.5 Å². The number of likely N-dealkylation sites (tertiary alicyclic amines) is 1. The van der Waals surface area contributed by atoms with E-state index in [1.165, 1.54) is 23.4 Å². The average Bonchev–Trinajstić information content (AvgIpc) is 3.38. The molecule has 0 saturated carbocycles. The van der Waals surface area contributed by atoms with Crippen molar-refractivity contribution >= 4 is 40.4 Å². The summed E-state index contributed by atoms with van der Waals surface area (Å²) >= 11 is 8.01. The number of benzene rings is 1. The third-order valence-corrected chi connectivity index (χ3v) is 7.97. The van der Waals surface area contributed by atoms with Gasteiger partial charge in [0.05, 0.1) is 12.1 Å². The van der Waals surface area contributed by atoms with E-state index in [0.717, 1.165) is 42.1 Å². The van der Waals surface area contributed by atoms with Gasteiger partial charge in [0.15, 0.2) is 0 Å². The minimum atomic E-state index is -0.219. The number of halogens is 1. The molecule has 3 aliphatic rings. The molecule has 5 nitrogen and oxygen atoms in total. The highest BCUT2D eigenvalue weighted by molar-refractivity contribution is 7.11. The maximum absolute atomic E-state index is 13.3. The first kappa shape index (κ1) is 19.1. The van der Waals surface area contributed by atoms with Crippen LogP contribution in [0.3, 0.4) is 0 Å². The fraction of sp³-hybridized carbons (Fsp3) is 0.500. The molecule has 1 saturated heterocycles. The molecule has 152 valence electrons. The number of aromatic nitrogens is 1. The molecule has 1 atom stereocenters. The number of hydrogen-bond donors (Lipinski definition) is 0. The summed E-state index contributed by atoms with van der Waals surface area (Å²) in [5, 5.41) is 1.60. The van der Waals surface area contributed by atoms with Crippen LogP contribution in [0.2, 0.25) is 5.02 Å². The number of anilines is 1. The van der Waals surface area contributed by atoms with Crippen molar-refractivity contribution in [3.63, 3.8) is 0 Å². The lowest BCUT2D eigenvalue weighted by Crippen LogP contribution is -2.40. The Balaban J connectivity index is 1.43. The quantitative estimate of drug-likeness (QED) is 0.730. The highest BCUT2D eigenvalue weighted by Gasteiger charge is 2.49. The standard InChI is InChI=1S/C22H24ClN3O2S/c1-14(27)25-9-8-22(12-25)13-26(18-7-6-15(23)10-16(18)22)21(28)11-20-24-17-4-2-3-5-19(17)29-20/h6-7,10H,2-5,8-9,11-13H2,1H3. The largest absolute Gasteiger partial charge is 0.342 e. The lowest BCUT2D eigenvalue weighted by atomic mass is 9.81. The van der Waals surface area contributed by atoms with E-state index in [0.29, 0.717) is 24.5 Å². The zero-order valence-corrected chi connectivity index (χ0v) is 18.1. The van der Waals surface area contributed by atoms with Crippen LogP contribution < -0.4 is 4.90 Å². The zero-order chi connectivity index (χ0) is 20.2. The fourth-order valence-electron chi connectivity index (χ4n) is 5.06. The number of amides is 2. The van der Waals surface area contributed by atoms with Crippen LogP contribution in [-0.4, -0.2) is 41.3 Å². The summed E-state index contributed by atoms with van der Waals surface area (Å²) in [6, 6.07) is 5.78. The first-order valence-electron chi connectivity index (χ1n) is 10.3. The van der Waals surface area contributed by atoms with Gasteiger partial charge < -0.3 is 9.80 Å². The smallest absolute Gasteiger partial charge is 0.233 e. The predicted octanol–water partition coefficient (Wildman–Crippen LogP) is 3.75. The molecule has 7 heteroatoms. The zero-order valence-electron chi connectivity index (χ0n) is 16.5. The Morgan fingerprint density at radius 2 is 2.07 bits per heavy atom. The molecular formula is C22H24ClN3O2S. The van der Waals surface area contributed by atoms with Gasteiger partial charge in [-0.15, -0.1) is 11.3 Å². The third-order valence-electron chi connectivity index (χ3n) is 6.57. The van der Waals surface area contributed by atoms with Crippen LogP contribution in [0.4, 0.5) is 5.69 Å². The van der Waals surface area contributed by atoms with E-state index in [9.17, 15) is 9.59 Å². The minimum Gasteiger partial charge on any atom is -0.342 e. The van der Waals surface area contributed by atoms with Gasteiger partial charge in [0.25, 0.3) is 0 Å². The van der Waals surface area contributed by atoms with Crippen LogP contribution in [0, 0.1) is 0 Å². The Morgan fingerprint density at radius 3 is 2.83 bits per heavy atom. The first-order chi connectivity index (χ1) is 13.9. The normalized spacial score (nSPS) is 22.8. The van der Waals surface area contributed by atoms with Crippen molar-refractivity contribution in [2.24, 2.45) is 0 Å². The molecule has 5 rings (SSSR count). The summed E-state index contributed by atoms with van der Waals surface area (Å²) < 4.78 is 0. The number of carbonyl (C=O) groups is 2. The second-order valence-corrected chi connectivity index (χ2v) is 10.1. The maximum atomic E-state index is 13.3.